The van der Waals surface area contributed by atoms with Crippen molar-refractivity contribution in [2.24, 2.45) is 4.99 Å². The van der Waals surface area contributed by atoms with Crippen LogP contribution in [0, 0.1) is 10.1 Å². The molecule has 8 nitrogen and oxygen atoms in total. The number of rotatable bonds is 6. The average Bonchev–Trinajstić information content (AvgIpc) is 3.20. The number of nitro groups is 1. The molecule has 0 atom stereocenters. The summed E-state index contributed by atoms with van der Waals surface area (Å²) in [5, 5.41) is 10.9. The predicted octanol–water partition coefficient (Wildman–Crippen LogP) is 6.85. The molecule has 0 spiro atoms. The van der Waals surface area contributed by atoms with Crippen molar-refractivity contribution in [3.63, 3.8) is 0 Å². The largest absolute Gasteiger partial charge is 0.422 e. The van der Waals surface area contributed by atoms with Gasteiger partial charge in [-0.25, -0.2) is 14.6 Å². The van der Waals surface area contributed by atoms with Crippen LogP contribution in [0.3, 0.4) is 0 Å². The van der Waals surface area contributed by atoms with Crippen LogP contribution in [0.1, 0.15) is 16.7 Å². The zero-order valence-corrected chi connectivity index (χ0v) is 22.7. The second-order valence-corrected chi connectivity index (χ2v) is 9.94. The van der Waals surface area contributed by atoms with Crippen LogP contribution in [-0.4, -0.2) is 22.8 Å². The topological polar surface area (TPSA) is 108 Å². The van der Waals surface area contributed by atoms with Gasteiger partial charge in [-0.15, -0.1) is 0 Å². The maximum atomic E-state index is 12.5. The molecule has 0 bridgehead atoms. The van der Waals surface area contributed by atoms with E-state index in [1.54, 1.807) is 42.5 Å². The number of ether oxygens (including phenoxy) is 2. The summed E-state index contributed by atoms with van der Waals surface area (Å²) in [5.41, 5.74) is 1.41. The molecule has 1 heterocycles. The standard InChI is InChI=1S/C25H13Br3N2O6/c26-17-7-5-15(6-8-17)24-29-21(25(32)36-24)12-16-11-18(27)13-20(28)23(16)35-22(31)9-4-14-2-1-3-19(10-14)30(33)34/h1-13H/b9-4+,21-12-. The normalized spacial score (nSPS) is 14.1. The molecule has 1 aliphatic rings. The van der Waals surface area contributed by atoms with Gasteiger partial charge in [-0.3, -0.25) is 10.1 Å². The number of halogens is 3. The van der Waals surface area contributed by atoms with E-state index in [2.05, 4.69) is 52.8 Å². The Morgan fingerprint density at radius 2 is 1.78 bits per heavy atom. The molecule has 0 amide bonds. The summed E-state index contributed by atoms with van der Waals surface area (Å²) in [6.45, 7) is 0. The number of carbonyl (C=O) groups is 2. The Hall–Kier alpha value is -3.41. The SMILES string of the molecule is O=C(/C=C/c1cccc([N+](=O)[O-])c1)Oc1c(Br)cc(Br)cc1/C=C1\N=C(c2ccc(Br)cc2)OC1=O. The Balaban J connectivity index is 1.61. The minimum atomic E-state index is -0.725. The third kappa shape index (κ3) is 6.23. The average molecular weight is 677 g/mol. The molecule has 3 aromatic rings. The maximum Gasteiger partial charge on any atom is 0.363 e. The zero-order chi connectivity index (χ0) is 25.8. The molecular formula is C25H13Br3N2O6. The monoisotopic (exact) mass is 674 g/mol. The maximum absolute atomic E-state index is 12.5. The van der Waals surface area contributed by atoms with E-state index in [-0.39, 0.29) is 23.0 Å². The van der Waals surface area contributed by atoms with Crippen molar-refractivity contribution in [1.82, 2.24) is 0 Å². The summed E-state index contributed by atoms with van der Waals surface area (Å²) in [4.78, 5) is 39.7. The summed E-state index contributed by atoms with van der Waals surface area (Å²) < 4.78 is 12.8. The first-order chi connectivity index (χ1) is 17.2. The highest BCUT2D eigenvalue weighted by molar-refractivity contribution is 9.11. The molecule has 1 aliphatic heterocycles. The molecule has 0 saturated carbocycles. The summed E-state index contributed by atoms with van der Waals surface area (Å²) in [6.07, 6.45) is 4.01. The van der Waals surface area contributed by atoms with E-state index < -0.39 is 16.9 Å². The van der Waals surface area contributed by atoms with Gasteiger partial charge in [-0.05, 0) is 70.0 Å². The Morgan fingerprint density at radius 1 is 1.03 bits per heavy atom. The van der Waals surface area contributed by atoms with Gasteiger partial charge in [0.05, 0.1) is 9.40 Å². The molecule has 0 saturated heterocycles. The number of nitro benzene ring substituents is 1. The van der Waals surface area contributed by atoms with Crippen molar-refractivity contribution in [2.45, 2.75) is 0 Å². The summed E-state index contributed by atoms with van der Waals surface area (Å²) >= 11 is 10.1. The van der Waals surface area contributed by atoms with Crippen LogP contribution in [-0.2, 0) is 14.3 Å². The lowest BCUT2D eigenvalue weighted by atomic mass is 10.1. The molecule has 0 unspecified atom stereocenters. The predicted molar refractivity (Wildman–Crippen MR) is 144 cm³/mol. The molecule has 0 radical (unpaired) electrons. The van der Waals surface area contributed by atoms with E-state index in [0.29, 0.717) is 25.6 Å². The van der Waals surface area contributed by atoms with Crippen LogP contribution >= 0.6 is 47.8 Å². The van der Waals surface area contributed by atoms with Gasteiger partial charge in [0.1, 0.15) is 0 Å². The molecule has 4 rings (SSSR count). The van der Waals surface area contributed by atoms with Crippen LogP contribution < -0.4 is 4.74 Å². The third-order valence-electron chi connectivity index (χ3n) is 4.74. The van der Waals surface area contributed by atoms with Crippen LogP contribution in [0.25, 0.3) is 12.2 Å². The lowest BCUT2D eigenvalue weighted by Crippen LogP contribution is -2.06. The van der Waals surface area contributed by atoms with Gasteiger partial charge < -0.3 is 9.47 Å². The Morgan fingerprint density at radius 3 is 2.50 bits per heavy atom. The van der Waals surface area contributed by atoms with Crippen molar-refractivity contribution < 1.29 is 24.0 Å². The number of carbonyl (C=O) groups excluding carboxylic acids is 2. The second-order valence-electron chi connectivity index (χ2n) is 7.26. The molecule has 36 heavy (non-hydrogen) atoms. The Kier molecular flexibility index (Phi) is 7.92. The number of aliphatic imine (C=N–C) groups is 1. The van der Waals surface area contributed by atoms with E-state index in [9.17, 15) is 19.7 Å². The van der Waals surface area contributed by atoms with Crippen molar-refractivity contribution in [1.29, 1.82) is 0 Å². The van der Waals surface area contributed by atoms with E-state index in [4.69, 9.17) is 9.47 Å². The highest BCUT2D eigenvalue weighted by Crippen LogP contribution is 2.35. The van der Waals surface area contributed by atoms with E-state index in [1.807, 2.05) is 0 Å². The fourth-order valence-electron chi connectivity index (χ4n) is 3.11. The van der Waals surface area contributed by atoms with Crippen LogP contribution in [0.2, 0.25) is 0 Å². The van der Waals surface area contributed by atoms with Gasteiger partial charge in [0.15, 0.2) is 11.4 Å². The lowest BCUT2D eigenvalue weighted by molar-refractivity contribution is -0.384. The van der Waals surface area contributed by atoms with Crippen LogP contribution in [0.5, 0.6) is 5.75 Å². The summed E-state index contributed by atoms with van der Waals surface area (Å²) in [7, 11) is 0. The van der Waals surface area contributed by atoms with Crippen molar-refractivity contribution in [3.05, 3.63) is 113 Å². The molecular weight excluding hydrogens is 664 g/mol. The fourth-order valence-corrected chi connectivity index (χ4v) is 4.71. The van der Waals surface area contributed by atoms with E-state index in [0.717, 1.165) is 10.5 Å². The van der Waals surface area contributed by atoms with Crippen molar-refractivity contribution >= 4 is 83.5 Å². The number of non-ortho nitro benzene ring substituents is 1. The number of hydrogen-bond acceptors (Lipinski definition) is 7. The Bertz CT molecular complexity index is 1480. The van der Waals surface area contributed by atoms with Gasteiger partial charge in [0.25, 0.3) is 5.69 Å². The highest BCUT2D eigenvalue weighted by atomic mass is 79.9. The quantitative estimate of drug-likeness (QED) is 0.0930. The van der Waals surface area contributed by atoms with Crippen LogP contribution in [0.4, 0.5) is 5.69 Å². The minimum Gasteiger partial charge on any atom is -0.422 e. The first kappa shape index (κ1) is 25.7. The van der Waals surface area contributed by atoms with Crippen molar-refractivity contribution in [3.8, 4) is 5.75 Å². The number of benzene rings is 3. The van der Waals surface area contributed by atoms with Crippen molar-refractivity contribution in [2.75, 3.05) is 0 Å². The second kappa shape index (κ2) is 11.1. The zero-order valence-electron chi connectivity index (χ0n) is 18.0. The molecule has 11 heteroatoms. The lowest BCUT2D eigenvalue weighted by Gasteiger charge is -2.09. The molecule has 0 aliphatic carbocycles. The van der Waals surface area contributed by atoms with Gasteiger partial charge in [0.2, 0.25) is 5.90 Å². The molecule has 0 N–H and O–H groups in total. The number of esters is 2. The third-order valence-corrected chi connectivity index (χ3v) is 6.31. The number of nitrogens with zero attached hydrogens (tertiary/aromatic N) is 2. The molecule has 180 valence electrons. The Labute approximate surface area is 229 Å². The first-order valence-electron chi connectivity index (χ1n) is 10.1. The molecule has 0 aromatic heterocycles. The smallest absolute Gasteiger partial charge is 0.363 e. The molecule has 3 aromatic carbocycles. The summed E-state index contributed by atoms with van der Waals surface area (Å²) in [6, 6.07) is 16.3. The summed E-state index contributed by atoms with van der Waals surface area (Å²) in [5.74, 6) is -1.06. The number of cyclic esters (lactones) is 1. The van der Waals surface area contributed by atoms with Gasteiger partial charge in [0, 0.05) is 38.3 Å². The van der Waals surface area contributed by atoms with Gasteiger partial charge >= 0.3 is 11.9 Å². The van der Waals surface area contributed by atoms with Gasteiger partial charge in [-0.1, -0.05) is 44.0 Å². The fraction of sp³-hybridized carbons (Fsp3) is 0. The van der Waals surface area contributed by atoms with E-state index in [1.165, 1.54) is 30.4 Å². The first-order valence-corrected chi connectivity index (χ1v) is 12.5. The number of hydrogen-bond donors (Lipinski definition) is 0. The minimum absolute atomic E-state index is 0.0300. The molecule has 0 fully saturated rings. The van der Waals surface area contributed by atoms with Crippen LogP contribution in [0.15, 0.2) is 90.8 Å². The highest BCUT2D eigenvalue weighted by Gasteiger charge is 2.25. The van der Waals surface area contributed by atoms with E-state index >= 15 is 0 Å². The van der Waals surface area contributed by atoms with Gasteiger partial charge in [-0.2, -0.15) is 0 Å².